The first-order chi connectivity index (χ1) is 11.2. The number of aromatic nitrogens is 2. The zero-order valence-electron chi connectivity index (χ0n) is 12.8. The molecule has 6 heteroatoms. The SMILES string of the molecule is O=C(c1cnc(Nc2cccc(Br)c2)cn1)N1CCCCCC1. The maximum atomic E-state index is 12.5. The predicted molar refractivity (Wildman–Crippen MR) is 93.8 cm³/mol. The maximum absolute atomic E-state index is 12.5. The van der Waals surface area contributed by atoms with Crippen molar-refractivity contribution in [1.29, 1.82) is 0 Å². The minimum Gasteiger partial charge on any atom is -0.339 e. The summed E-state index contributed by atoms with van der Waals surface area (Å²) in [5.41, 5.74) is 1.33. The van der Waals surface area contributed by atoms with Crippen LogP contribution in [0.1, 0.15) is 36.2 Å². The number of nitrogens with one attached hydrogen (secondary N) is 1. The number of carbonyl (C=O) groups excluding carboxylic acids is 1. The fraction of sp³-hybridized carbons (Fsp3) is 0.353. The Morgan fingerprint density at radius 1 is 1.09 bits per heavy atom. The van der Waals surface area contributed by atoms with Crippen LogP contribution >= 0.6 is 15.9 Å². The Morgan fingerprint density at radius 2 is 1.87 bits per heavy atom. The third-order valence-electron chi connectivity index (χ3n) is 3.86. The van der Waals surface area contributed by atoms with E-state index in [1.165, 1.54) is 12.8 Å². The van der Waals surface area contributed by atoms with Gasteiger partial charge in [-0.05, 0) is 31.0 Å². The molecule has 0 saturated carbocycles. The van der Waals surface area contributed by atoms with Gasteiger partial charge in [-0.3, -0.25) is 4.79 Å². The second-order valence-corrected chi connectivity index (χ2v) is 6.54. The van der Waals surface area contributed by atoms with E-state index in [-0.39, 0.29) is 5.91 Å². The van der Waals surface area contributed by atoms with Crippen LogP contribution in [0.2, 0.25) is 0 Å². The molecule has 0 atom stereocenters. The van der Waals surface area contributed by atoms with E-state index in [0.717, 1.165) is 36.1 Å². The Hall–Kier alpha value is -1.95. The van der Waals surface area contributed by atoms with Gasteiger partial charge in [-0.15, -0.1) is 0 Å². The second-order valence-electron chi connectivity index (χ2n) is 5.63. The first kappa shape index (κ1) is 15.9. The van der Waals surface area contributed by atoms with Crippen molar-refractivity contribution in [1.82, 2.24) is 14.9 Å². The van der Waals surface area contributed by atoms with Crippen LogP contribution in [0.5, 0.6) is 0 Å². The molecule has 1 fully saturated rings. The lowest BCUT2D eigenvalue weighted by Gasteiger charge is -2.19. The summed E-state index contributed by atoms with van der Waals surface area (Å²) >= 11 is 3.43. The minimum atomic E-state index is -0.0200. The molecule has 0 unspecified atom stereocenters. The van der Waals surface area contributed by atoms with E-state index in [9.17, 15) is 4.79 Å². The number of amides is 1. The summed E-state index contributed by atoms with van der Waals surface area (Å²) in [5.74, 6) is 0.601. The van der Waals surface area contributed by atoms with Gasteiger partial charge in [0.15, 0.2) is 0 Å². The van der Waals surface area contributed by atoms with E-state index in [1.54, 1.807) is 12.4 Å². The summed E-state index contributed by atoms with van der Waals surface area (Å²) in [6.07, 6.45) is 7.69. The highest BCUT2D eigenvalue weighted by Crippen LogP contribution is 2.19. The number of nitrogens with zero attached hydrogens (tertiary/aromatic N) is 3. The molecule has 1 N–H and O–H groups in total. The van der Waals surface area contributed by atoms with Crippen molar-refractivity contribution in [2.24, 2.45) is 0 Å². The van der Waals surface area contributed by atoms with Crippen LogP contribution in [-0.2, 0) is 0 Å². The maximum Gasteiger partial charge on any atom is 0.274 e. The van der Waals surface area contributed by atoms with Crippen molar-refractivity contribution in [2.75, 3.05) is 18.4 Å². The molecule has 120 valence electrons. The molecule has 1 aromatic heterocycles. The van der Waals surface area contributed by atoms with Crippen molar-refractivity contribution < 1.29 is 4.79 Å². The lowest BCUT2D eigenvalue weighted by molar-refractivity contribution is 0.0755. The Kier molecular flexibility index (Phi) is 5.23. The highest BCUT2D eigenvalue weighted by Gasteiger charge is 2.18. The molecule has 2 heterocycles. The largest absolute Gasteiger partial charge is 0.339 e. The van der Waals surface area contributed by atoms with E-state index < -0.39 is 0 Å². The minimum absolute atomic E-state index is 0.0200. The van der Waals surface area contributed by atoms with Crippen molar-refractivity contribution >= 4 is 33.3 Å². The smallest absolute Gasteiger partial charge is 0.274 e. The molecule has 1 saturated heterocycles. The lowest BCUT2D eigenvalue weighted by Crippen LogP contribution is -2.32. The van der Waals surface area contributed by atoms with Gasteiger partial charge in [0.25, 0.3) is 5.91 Å². The summed E-state index contributed by atoms with van der Waals surface area (Å²) in [6.45, 7) is 1.64. The zero-order valence-corrected chi connectivity index (χ0v) is 14.4. The van der Waals surface area contributed by atoms with Gasteiger partial charge in [-0.25, -0.2) is 9.97 Å². The van der Waals surface area contributed by atoms with Crippen molar-refractivity contribution in [3.63, 3.8) is 0 Å². The van der Waals surface area contributed by atoms with Crippen LogP contribution in [0.3, 0.4) is 0 Å². The topological polar surface area (TPSA) is 58.1 Å². The van der Waals surface area contributed by atoms with Gasteiger partial charge in [0, 0.05) is 23.2 Å². The van der Waals surface area contributed by atoms with Gasteiger partial charge in [-0.1, -0.05) is 34.8 Å². The monoisotopic (exact) mass is 374 g/mol. The molecule has 1 aliphatic heterocycles. The first-order valence-electron chi connectivity index (χ1n) is 7.86. The Labute approximate surface area is 144 Å². The normalized spacial score (nSPS) is 15.1. The fourth-order valence-electron chi connectivity index (χ4n) is 2.65. The molecule has 2 aromatic rings. The highest BCUT2D eigenvalue weighted by atomic mass is 79.9. The number of likely N-dealkylation sites (tertiary alicyclic amines) is 1. The van der Waals surface area contributed by atoms with Crippen LogP contribution < -0.4 is 5.32 Å². The molecular formula is C17H19BrN4O. The van der Waals surface area contributed by atoms with E-state index in [4.69, 9.17) is 0 Å². The van der Waals surface area contributed by atoms with E-state index in [1.807, 2.05) is 29.2 Å². The number of carbonyl (C=O) groups is 1. The molecule has 1 aliphatic rings. The lowest BCUT2D eigenvalue weighted by atomic mass is 10.2. The molecule has 0 radical (unpaired) electrons. The molecular weight excluding hydrogens is 356 g/mol. The van der Waals surface area contributed by atoms with Crippen LogP contribution in [0.4, 0.5) is 11.5 Å². The van der Waals surface area contributed by atoms with E-state index in [0.29, 0.717) is 11.5 Å². The Morgan fingerprint density at radius 3 is 2.52 bits per heavy atom. The van der Waals surface area contributed by atoms with Gasteiger partial charge in [0.05, 0.1) is 12.4 Å². The third-order valence-corrected chi connectivity index (χ3v) is 4.35. The molecule has 5 nitrogen and oxygen atoms in total. The molecule has 1 aromatic carbocycles. The predicted octanol–water partition coefficient (Wildman–Crippen LogP) is 4.00. The molecule has 3 rings (SSSR count). The third kappa shape index (κ3) is 4.28. The average molecular weight is 375 g/mol. The fourth-order valence-corrected chi connectivity index (χ4v) is 3.05. The van der Waals surface area contributed by atoms with E-state index >= 15 is 0 Å². The zero-order chi connectivity index (χ0) is 16.1. The standard InChI is InChI=1S/C17H19BrN4O/c18-13-6-5-7-14(10-13)21-16-12-19-15(11-20-16)17(23)22-8-3-1-2-4-9-22/h5-7,10-12H,1-4,8-9H2,(H,20,21). The highest BCUT2D eigenvalue weighted by molar-refractivity contribution is 9.10. The van der Waals surface area contributed by atoms with Gasteiger partial charge in [0.2, 0.25) is 0 Å². The molecule has 23 heavy (non-hydrogen) atoms. The summed E-state index contributed by atoms with van der Waals surface area (Å²) in [7, 11) is 0. The van der Waals surface area contributed by atoms with Gasteiger partial charge in [-0.2, -0.15) is 0 Å². The Balaban J connectivity index is 1.67. The molecule has 0 bridgehead atoms. The van der Waals surface area contributed by atoms with Crippen LogP contribution in [0.15, 0.2) is 41.1 Å². The number of benzene rings is 1. The number of anilines is 2. The number of rotatable bonds is 3. The van der Waals surface area contributed by atoms with Crippen molar-refractivity contribution in [3.8, 4) is 0 Å². The molecule has 0 spiro atoms. The van der Waals surface area contributed by atoms with Crippen molar-refractivity contribution in [3.05, 3.63) is 46.8 Å². The number of hydrogen-bond donors (Lipinski definition) is 1. The van der Waals surface area contributed by atoms with Crippen LogP contribution in [0.25, 0.3) is 0 Å². The number of hydrogen-bond acceptors (Lipinski definition) is 4. The number of halogens is 1. The molecule has 1 amide bonds. The summed E-state index contributed by atoms with van der Waals surface area (Å²) < 4.78 is 0.989. The quantitative estimate of drug-likeness (QED) is 0.881. The first-order valence-corrected chi connectivity index (χ1v) is 8.65. The van der Waals surface area contributed by atoms with E-state index in [2.05, 4.69) is 31.2 Å². The van der Waals surface area contributed by atoms with Gasteiger partial charge in [0.1, 0.15) is 11.5 Å². The summed E-state index contributed by atoms with van der Waals surface area (Å²) in [4.78, 5) is 22.9. The van der Waals surface area contributed by atoms with Gasteiger partial charge < -0.3 is 10.2 Å². The van der Waals surface area contributed by atoms with Crippen molar-refractivity contribution in [2.45, 2.75) is 25.7 Å². The Bertz CT molecular complexity index is 667. The average Bonchev–Trinajstić information content (AvgIpc) is 2.84. The second kappa shape index (κ2) is 7.55. The molecule has 0 aliphatic carbocycles. The van der Waals surface area contributed by atoms with Gasteiger partial charge >= 0.3 is 0 Å². The van der Waals surface area contributed by atoms with Crippen LogP contribution in [0, 0.1) is 0 Å². The van der Waals surface area contributed by atoms with Crippen LogP contribution in [-0.4, -0.2) is 33.9 Å². The summed E-state index contributed by atoms with van der Waals surface area (Å²) in [5, 5.41) is 3.17. The summed E-state index contributed by atoms with van der Waals surface area (Å²) in [6, 6.07) is 7.80.